The average Bonchev–Trinajstić information content (AvgIpc) is 2.45. The molecule has 1 N–H and O–H groups in total. The molecule has 1 atom stereocenters. The first-order valence-corrected chi connectivity index (χ1v) is 8.26. The summed E-state index contributed by atoms with van der Waals surface area (Å²) in [5, 5.41) is 4.04. The summed E-state index contributed by atoms with van der Waals surface area (Å²) in [6.45, 7) is 4.97. The summed E-state index contributed by atoms with van der Waals surface area (Å²) in [6.07, 6.45) is 1.02. The number of hydrogen-bond donors (Lipinski definition) is 1. The Labute approximate surface area is 134 Å². The van der Waals surface area contributed by atoms with E-state index >= 15 is 0 Å². The van der Waals surface area contributed by atoms with Gasteiger partial charge in [-0.15, -0.1) is 0 Å². The zero-order chi connectivity index (χ0) is 15.2. The minimum Gasteiger partial charge on any atom is -0.310 e. The van der Waals surface area contributed by atoms with Crippen molar-refractivity contribution in [1.82, 2.24) is 5.32 Å². The Morgan fingerprint density at radius 2 is 2.00 bits per heavy atom. The predicted octanol–water partition coefficient (Wildman–Crippen LogP) is 5.69. The van der Waals surface area contributed by atoms with Crippen molar-refractivity contribution < 1.29 is 4.39 Å². The van der Waals surface area contributed by atoms with Crippen LogP contribution >= 0.6 is 23.4 Å². The predicted molar refractivity (Wildman–Crippen MR) is 88.7 cm³/mol. The van der Waals surface area contributed by atoms with E-state index in [1.807, 2.05) is 37.3 Å². The third-order valence-electron chi connectivity index (χ3n) is 3.17. The Bertz CT molecular complexity index is 603. The largest absolute Gasteiger partial charge is 0.310 e. The van der Waals surface area contributed by atoms with Gasteiger partial charge in [0.2, 0.25) is 0 Å². The maximum Gasteiger partial charge on any atom is 0.129 e. The van der Waals surface area contributed by atoms with Gasteiger partial charge in [0.1, 0.15) is 5.82 Å². The van der Waals surface area contributed by atoms with E-state index in [1.165, 1.54) is 17.8 Å². The van der Waals surface area contributed by atoms with Gasteiger partial charge >= 0.3 is 0 Å². The van der Waals surface area contributed by atoms with Gasteiger partial charge in [0.05, 0.1) is 0 Å². The van der Waals surface area contributed by atoms with Crippen molar-refractivity contribution in [3.63, 3.8) is 0 Å². The van der Waals surface area contributed by atoms with Gasteiger partial charge in [0.25, 0.3) is 0 Å². The molecule has 0 aliphatic heterocycles. The van der Waals surface area contributed by atoms with Crippen molar-refractivity contribution in [3.05, 3.63) is 58.9 Å². The van der Waals surface area contributed by atoms with Crippen molar-refractivity contribution in [1.29, 1.82) is 0 Å². The molecule has 0 saturated carbocycles. The Hall–Kier alpha value is -1.03. The molecule has 2 aromatic rings. The first-order chi connectivity index (χ1) is 10.1. The van der Waals surface area contributed by atoms with E-state index in [0.717, 1.165) is 28.3 Å². The molecule has 0 heterocycles. The van der Waals surface area contributed by atoms with Gasteiger partial charge in [0.15, 0.2) is 0 Å². The molecule has 0 spiro atoms. The minimum atomic E-state index is -0.168. The normalized spacial score (nSPS) is 12.4. The average molecular weight is 324 g/mol. The van der Waals surface area contributed by atoms with Crippen molar-refractivity contribution in [2.24, 2.45) is 0 Å². The smallest absolute Gasteiger partial charge is 0.129 e. The van der Waals surface area contributed by atoms with Crippen LogP contribution in [0.2, 0.25) is 5.02 Å². The SMILES string of the molecule is CCCNC(C)c1c(F)cccc1Sc1cccc(Cl)c1. The van der Waals surface area contributed by atoms with Crippen LogP contribution in [0.25, 0.3) is 0 Å². The molecule has 0 bridgehead atoms. The maximum absolute atomic E-state index is 14.2. The topological polar surface area (TPSA) is 12.0 Å². The maximum atomic E-state index is 14.2. The Balaban J connectivity index is 2.28. The van der Waals surface area contributed by atoms with E-state index in [1.54, 1.807) is 6.07 Å². The van der Waals surface area contributed by atoms with Crippen LogP contribution in [0.4, 0.5) is 4.39 Å². The van der Waals surface area contributed by atoms with E-state index < -0.39 is 0 Å². The molecule has 4 heteroatoms. The zero-order valence-electron chi connectivity index (χ0n) is 12.2. The summed E-state index contributed by atoms with van der Waals surface area (Å²) in [4.78, 5) is 1.94. The van der Waals surface area contributed by atoms with Gasteiger partial charge in [-0.3, -0.25) is 0 Å². The first kappa shape index (κ1) is 16.3. The highest BCUT2D eigenvalue weighted by Crippen LogP contribution is 2.35. The minimum absolute atomic E-state index is 0.0205. The Morgan fingerprint density at radius 1 is 1.24 bits per heavy atom. The standard InChI is InChI=1S/C17H19ClFNS/c1-3-10-20-12(2)17-15(19)8-5-9-16(17)21-14-7-4-6-13(18)11-14/h4-9,11-12,20H,3,10H2,1-2H3. The van der Waals surface area contributed by atoms with Crippen LogP contribution in [0.1, 0.15) is 31.9 Å². The quantitative estimate of drug-likeness (QED) is 0.732. The molecular weight excluding hydrogens is 305 g/mol. The zero-order valence-corrected chi connectivity index (χ0v) is 13.8. The summed E-state index contributed by atoms with van der Waals surface area (Å²) in [5.74, 6) is -0.168. The molecular formula is C17H19ClFNS. The summed E-state index contributed by atoms with van der Waals surface area (Å²) in [6, 6.07) is 12.8. The number of halogens is 2. The van der Waals surface area contributed by atoms with Crippen molar-refractivity contribution in [3.8, 4) is 0 Å². The van der Waals surface area contributed by atoms with Crippen LogP contribution in [0.15, 0.2) is 52.3 Å². The summed E-state index contributed by atoms with van der Waals surface area (Å²) < 4.78 is 14.2. The monoisotopic (exact) mass is 323 g/mol. The van der Waals surface area contributed by atoms with Crippen LogP contribution in [0.3, 0.4) is 0 Å². The molecule has 2 aromatic carbocycles. The second-order valence-electron chi connectivity index (χ2n) is 4.89. The number of hydrogen-bond acceptors (Lipinski definition) is 2. The molecule has 1 unspecified atom stereocenters. The second kappa shape index (κ2) is 7.83. The third-order valence-corrected chi connectivity index (χ3v) is 4.47. The lowest BCUT2D eigenvalue weighted by molar-refractivity contribution is 0.519. The third kappa shape index (κ3) is 4.47. The van der Waals surface area contributed by atoms with Gasteiger partial charge in [0, 0.05) is 26.4 Å². The first-order valence-electron chi connectivity index (χ1n) is 7.07. The molecule has 0 fully saturated rings. The molecule has 2 rings (SSSR count). The highest BCUT2D eigenvalue weighted by molar-refractivity contribution is 7.99. The summed E-state index contributed by atoms with van der Waals surface area (Å²) in [7, 11) is 0. The van der Waals surface area contributed by atoms with Crippen LogP contribution < -0.4 is 5.32 Å². The number of nitrogens with one attached hydrogen (secondary N) is 1. The molecule has 0 saturated heterocycles. The van der Waals surface area contributed by atoms with Gasteiger partial charge < -0.3 is 5.32 Å². The van der Waals surface area contributed by atoms with Crippen molar-refractivity contribution in [2.45, 2.75) is 36.1 Å². The number of benzene rings is 2. The fourth-order valence-corrected chi connectivity index (χ4v) is 3.52. The lowest BCUT2D eigenvalue weighted by Crippen LogP contribution is -2.20. The molecule has 0 amide bonds. The summed E-state index contributed by atoms with van der Waals surface area (Å²) in [5.41, 5.74) is 0.718. The van der Waals surface area contributed by atoms with Crippen molar-refractivity contribution >= 4 is 23.4 Å². The van der Waals surface area contributed by atoms with Crippen LogP contribution in [-0.2, 0) is 0 Å². The Morgan fingerprint density at radius 3 is 2.71 bits per heavy atom. The van der Waals surface area contributed by atoms with E-state index in [-0.39, 0.29) is 11.9 Å². The molecule has 0 aromatic heterocycles. The lowest BCUT2D eigenvalue weighted by atomic mass is 10.1. The van der Waals surface area contributed by atoms with E-state index in [2.05, 4.69) is 12.2 Å². The summed E-state index contributed by atoms with van der Waals surface area (Å²) >= 11 is 7.55. The lowest BCUT2D eigenvalue weighted by Gasteiger charge is -2.18. The van der Waals surface area contributed by atoms with Gasteiger partial charge in [-0.05, 0) is 50.2 Å². The van der Waals surface area contributed by atoms with E-state index in [4.69, 9.17) is 11.6 Å². The van der Waals surface area contributed by atoms with Crippen LogP contribution in [0, 0.1) is 5.82 Å². The van der Waals surface area contributed by atoms with E-state index in [0.29, 0.717) is 5.02 Å². The van der Waals surface area contributed by atoms with Crippen LogP contribution in [0.5, 0.6) is 0 Å². The number of rotatable bonds is 6. The van der Waals surface area contributed by atoms with E-state index in [9.17, 15) is 4.39 Å². The second-order valence-corrected chi connectivity index (χ2v) is 6.44. The molecule has 0 aliphatic rings. The van der Waals surface area contributed by atoms with Gasteiger partial charge in [-0.1, -0.05) is 42.4 Å². The molecule has 112 valence electrons. The highest BCUT2D eigenvalue weighted by atomic mass is 35.5. The molecule has 0 aliphatic carbocycles. The highest BCUT2D eigenvalue weighted by Gasteiger charge is 2.16. The van der Waals surface area contributed by atoms with Crippen molar-refractivity contribution in [2.75, 3.05) is 6.54 Å². The Kier molecular flexibility index (Phi) is 6.09. The molecule has 0 radical (unpaired) electrons. The molecule has 21 heavy (non-hydrogen) atoms. The fourth-order valence-electron chi connectivity index (χ4n) is 2.15. The van der Waals surface area contributed by atoms with Gasteiger partial charge in [-0.2, -0.15) is 0 Å². The van der Waals surface area contributed by atoms with Crippen LogP contribution in [-0.4, -0.2) is 6.54 Å². The fraction of sp³-hybridized carbons (Fsp3) is 0.294. The molecule has 1 nitrogen and oxygen atoms in total. The van der Waals surface area contributed by atoms with Gasteiger partial charge in [-0.25, -0.2) is 4.39 Å².